The number of nitrogens with zero attached hydrogens (tertiary/aromatic N) is 1. The number of rotatable bonds is 3. The minimum Gasteiger partial charge on any atom is -0.310 e. The van der Waals surface area contributed by atoms with Crippen LogP contribution in [-0.4, -0.2) is 0 Å². The van der Waals surface area contributed by atoms with Crippen molar-refractivity contribution in [2.45, 2.75) is 0 Å². The maximum absolute atomic E-state index is 2.38. The molecule has 1 nitrogen and oxygen atoms in total. The van der Waals surface area contributed by atoms with Crippen LogP contribution in [0.25, 0.3) is 32.3 Å². The molecule has 0 bridgehead atoms. The molecule has 0 aliphatic heterocycles. The van der Waals surface area contributed by atoms with Crippen LogP contribution in [0.2, 0.25) is 0 Å². The van der Waals surface area contributed by atoms with Crippen LogP contribution in [0.1, 0.15) is 0 Å². The third-order valence-electron chi connectivity index (χ3n) is 5.99. The highest BCUT2D eigenvalue weighted by molar-refractivity contribution is 6.01. The molecule has 0 N–H and O–H groups in total. The van der Waals surface area contributed by atoms with Gasteiger partial charge in [-0.3, -0.25) is 0 Å². The molecule has 6 rings (SSSR count). The minimum absolute atomic E-state index is 1.16. The van der Waals surface area contributed by atoms with Crippen molar-refractivity contribution < 1.29 is 0 Å². The van der Waals surface area contributed by atoms with Crippen LogP contribution in [0.4, 0.5) is 17.1 Å². The predicted molar refractivity (Wildman–Crippen MR) is 134 cm³/mol. The van der Waals surface area contributed by atoms with E-state index >= 15 is 0 Å². The molecule has 0 aromatic heterocycles. The summed E-state index contributed by atoms with van der Waals surface area (Å²) in [4.78, 5) is 2.38. The lowest BCUT2D eigenvalue weighted by Crippen LogP contribution is -2.10. The summed E-state index contributed by atoms with van der Waals surface area (Å²) in [7, 11) is 0. The molecule has 6 aromatic carbocycles. The molecule has 0 heterocycles. The maximum Gasteiger partial charge on any atom is 0.0540 e. The first-order valence-corrected chi connectivity index (χ1v) is 10.6. The minimum atomic E-state index is 1.16. The zero-order chi connectivity index (χ0) is 20.6. The van der Waals surface area contributed by atoms with Gasteiger partial charge in [-0.1, -0.05) is 97.1 Å². The number of hydrogen-bond acceptors (Lipinski definition) is 1. The lowest BCUT2D eigenvalue weighted by atomic mass is 10.0. The Bertz CT molecular complexity index is 1460. The van der Waals surface area contributed by atoms with Crippen LogP contribution in [0.3, 0.4) is 0 Å². The van der Waals surface area contributed by atoms with Gasteiger partial charge in [0.15, 0.2) is 0 Å². The highest BCUT2D eigenvalue weighted by Gasteiger charge is 2.16. The molecule has 0 saturated carbocycles. The molecule has 31 heavy (non-hydrogen) atoms. The van der Waals surface area contributed by atoms with Crippen LogP contribution < -0.4 is 4.90 Å². The third kappa shape index (κ3) is 3.12. The van der Waals surface area contributed by atoms with E-state index in [2.05, 4.69) is 132 Å². The Morgan fingerprint density at radius 2 is 0.839 bits per heavy atom. The molecule has 0 aliphatic carbocycles. The van der Waals surface area contributed by atoms with Crippen LogP contribution in [-0.2, 0) is 0 Å². The molecule has 1 heteroatoms. The fourth-order valence-electron chi connectivity index (χ4n) is 4.46. The van der Waals surface area contributed by atoms with Gasteiger partial charge < -0.3 is 4.90 Å². The van der Waals surface area contributed by atoms with E-state index in [1.807, 2.05) is 0 Å². The molecule has 0 unspecified atom stereocenters. The van der Waals surface area contributed by atoms with Crippen molar-refractivity contribution in [1.82, 2.24) is 0 Å². The molecule has 0 atom stereocenters. The van der Waals surface area contributed by atoms with Gasteiger partial charge in [0.2, 0.25) is 0 Å². The first kappa shape index (κ1) is 17.7. The van der Waals surface area contributed by atoms with Gasteiger partial charge in [0, 0.05) is 16.8 Å². The molecule has 0 fully saturated rings. The largest absolute Gasteiger partial charge is 0.310 e. The SMILES string of the molecule is c1ccc2cc(N(c3ccc4ccccc4c3)c3cccc4ccccc34)ccc2c1. The normalized spacial score (nSPS) is 11.2. The number of hydrogen-bond donors (Lipinski definition) is 0. The van der Waals surface area contributed by atoms with Crippen molar-refractivity contribution in [3.05, 3.63) is 127 Å². The second-order valence-electron chi connectivity index (χ2n) is 7.90. The molecule has 0 saturated heterocycles. The van der Waals surface area contributed by atoms with Crippen LogP contribution in [0.15, 0.2) is 127 Å². The zero-order valence-electron chi connectivity index (χ0n) is 17.1. The summed E-state index contributed by atoms with van der Waals surface area (Å²) in [6.45, 7) is 0. The van der Waals surface area contributed by atoms with Crippen molar-refractivity contribution >= 4 is 49.4 Å². The van der Waals surface area contributed by atoms with E-state index in [9.17, 15) is 0 Å². The summed E-state index contributed by atoms with van der Waals surface area (Å²) >= 11 is 0. The Labute approximate surface area is 181 Å². The lowest BCUT2D eigenvalue weighted by molar-refractivity contribution is 1.31. The van der Waals surface area contributed by atoms with E-state index in [1.54, 1.807) is 0 Å². The number of benzene rings is 6. The van der Waals surface area contributed by atoms with Crippen molar-refractivity contribution in [2.24, 2.45) is 0 Å². The third-order valence-corrected chi connectivity index (χ3v) is 5.99. The highest BCUT2D eigenvalue weighted by atomic mass is 15.1. The summed E-state index contributed by atoms with van der Waals surface area (Å²) in [6, 6.07) is 45.7. The Morgan fingerprint density at radius 3 is 1.45 bits per heavy atom. The summed E-state index contributed by atoms with van der Waals surface area (Å²) < 4.78 is 0. The van der Waals surface area contributed by atoms with Gasteiger partial charge in [-0.15, -0.1) is 0 Å². The second-order valence-corrected chi connectivity index (χ2v) is 7.90. The fourth-order valence-corrected chi connectivity index (χ4v) is 4.46. The van der Waals surface area contributed by atoms with Crippen molar-refractivity contribution in [3.63, 3.8) is 0 Å². The van der Waals surface area contributed by atoms with E-state index in [0.717, 1.165) is 11.4 Å². The van der Waals surface area contributed by atoms with Gasteiger partial charge in [0.25, 0.3) is 0 Å². The average Bonchev–Trinajstić information content (AvgIpc) is 2.84. The molecule has 146 valence electrons. The molecule has 6 aromatic rings. The second kappa shape index (κ2) is 7.30. The maximum atomic E-state index is 2.38. The Morgan fingerprint density at radius 1 is 0.355 bits per heavy atom. The van der Waals surface area contributed by atoms with Gasteiger partial charge in [-0.05, 0) is 57.3 Å². The van der Waals surface area contributed by atoms with Crippen LogP contribution >= 0.6 is 0 Å². The smallest absolute Gasteiger partial charge is 0.0540 e. The molecule has 0 aliphatic rings. The Hall–Kier alpha value is -4.10. The van der Waals surface area contributed by atoms with E-state index in [-0.39, 0.29) is 0 Å². The Kier molecular flexibility index (Phi) is 4.18. The summed E-state index contributed by atoms with van der Waals surface area (Å²) in [6.07, 6.45) is 0. The van der Waals surface area contributed by atoms with E-state index in [4.69, 9.17) is 0 Å². The van der Waals surface area contributed by atoms with Gasteiger partial charge in [0.1, 0.15) is 0 Å². The van der Waals surface area contributed by atoms with Crippen molar-refractivity contribution in [3.8, 4) is 0 Å². The molecule has 0 amide bonds. The molecule has 0 radical (unpaired) electrons. The topological polar surface area (TPSA) is 3.24 Å². The van der Waals surface area contributed by atoms with E-state index < -0.39 is 0 Å². The lowest BCUT2D eigenvalue weighted by Gasteiger charge is -2.27. The molecular weight excluding hydrogens is 374 g/mol. The zero-order valence-corrected chi connectivity index (χ0v) is 17.1. The van der Waals surface area contributed by atoms with Gasteiger partial charge in [-0.2, -0.15) is 0 Å². The highest BCUT2D eigenvalue weighted by Crippen LogP contribution is 2.40. The van der Waals surface area contributed by atoms with E-state index in [0.29, 0.717) is 0 Å². The predicted octanol–water partition coefficient (Wildman–Crippen LogP) is 8.62. The number of fused-ring (bicyclic) bond motifs is 3. The van der Waals surface area contributed by atoms with Gasteiger partial charge >= 0.3 is 0 Å². The van der Waals surface area contributed by atoms with Crippen molar-refractivity contribution in [2.75, 3.05) is 4.90 Å². The van der Waals surface area contributed by atoms with Gasteiger partial charge in [0.05, 0.1) is 5.69 Å². The standard InChI is InChI=1S/C30H21N/c1-3-11-25-20-27(18-16-22(25)8-1)31(28-19-17-23-9-2-4-12-26(23)21-28)30-15-7-13-24-10-5-6-14-29(24)30/h1-21H. The van der Waals surface area contributed by atoms with Gasteiger partial charge in [-0.25, -0.2) is 0 Å². The summed E-state index contributed by atoms with van der Waals surface area (Å²) in [5, 5.41) is 7.47. The Balaban J connectivity index is 1.64. The van der Waals surface area contributed by atoms with Crippen LogP contribution in [0, 0.1) is 0 Å². The summed E-state index contributed by atoms with van der Waals surface area (Å²) in [5.74, 6) is 0. The van der Waals surface area contributed by atoms with E-state index in [1.165, 1.54) is 38.0 Å². The molecular formula is C30H21N. The fraction of sp³-hybridized carbons (Fsp3) is 0. The first-order valence-electron chi connectivity index (χ1n) is 10.6. The quantitative estimate of drug-likeness (QED) is 0.290. The average molecular weight is 396 g/mol. The monoisotopic (exact) mass is 395 g/mol. The van der Waals surface area contributed by atoms with Crippen molar-refractivity contribution in [1.29, 1.82) is 0 Å². The summed E-state index contributed by atoms with van der Waals surface area (Å²) in [5.41, 5.74) is 3.50. The first-order chi connectivity index (χ1) is 15.4. The molecule has 0 spiro atoms. The van der Waals surface area contributed by atoms with Crippen LogP contribution in [0.5, 0.6) is 0 Å². The number of anilines is 3.